The molecular formula is C16H23N3O. The Kier molecular flexibility index (Phi) is 5.30. The highest BCUT2D eigenvalue weighted by atomic mass is 16.3. The molecule has 0 fully saturated rings. The van der Waals surface area contributed by atoms with Crippen LogP contribution in [-0.4, -0.2) is 19.9 Å². The van der Waals surface area contributed by atoms with Gasteiger partial charge in [0, 0.05) is 11.6 Å². The third-order valence-electron chi connectivity index (χ3n) is 3.55. The lowest BCUT2D eigenvalue weighted by molar-refractivity contribution is 0.268. The molecule has 0 saturated carbocycles. The van der Waals surface area contributed by atoms with Crippen molar-refractivity contribution in [2.24, 2.45) is 0 Å². The number of aliphatic hydroxyl groups excluding tert-OH is 1. The van der Waals surface area contributed by atoms with Gasteiger partial charge in [0.1, 0.15) is 12.4 Å². The second kappa shape index (κ2) is 7.20. The standard InChI is InChI=1S/C16H23N3O/c1-3-8-13(9-4-2)16-18-17-15(12-20)19(16)14-10-6-5-7-11-14/h5-7,10-11,13,20H,3-4,8-9,12H2,1-2H3. The first kappa shape index (κ1) is 14.7. The van der Waals surface area contributed by atoms with E-state index in [2.05, 4.69) is 24.0 Å². The molecule has 0 aliphatic rings. The van der Waals surface area contributed by atoms with E-state index in [1.165, 1.54) is 0 Å². The van der Waals surface area contributed by atoms with Gasteiger partial charge in [-0.05, 0) is 25.0 Å². The average molecular weight is 273 g/mol. The molecule has 2 rings (SSSR count). The lowest BCUT2D eigenvalue weighted by atomic mass is 9.97. The Morgan fingerprint density at radius 2 is 1.70 bits per heavy atom. The van der Waals surface area contributed by atoms with Crippen LogP contribution in [-0.2, 0) is 6.61 Å². The normalized spacial score (nSPS) is 11.2. The van der Waals surface area contributed by atoms with Gasteiger partial charge < -0.3 is 5.11 Å². The van der Waals surface area contributed by atoms with Crippen LogP contribution in [0.4, 0.5) is 0 Å². The van der Waals surface area contributed by atoms with Gasteiger partial charge in [-0.15, -0.1) is 10.2 Å². The first-order chi connectivity index (χ1) is 9.81. The fourth-order valence-electron chi connectivity index (χ4n) is 2.65. The number of aromatic nitrogens is 3. The minimum absolute atomic E-state index is 0.0904. The van der Waals surface area contributed by atoms with Gasteiger partial charge in [0.2, 0.25) is 0 Å². The maximum absolute atomic E-state index is 9.51. The number of hydrogen-bond acceptors (Lipinski definition) is 3. The Morgan fingerprint density at radius 1 is 1.05 bits per heavy atom. The maximum Gasteiger partial charge on any atom is 0.163 e. The Labute approximate surface area is 120 Å². The fourth-order valence-corrected chi connectivity index (χ4v) is 2.65. The third kappa shape index (κ3) is 3.07. The Morgan fingerprint density at radius 3 is 2.25 bits per heavy atom. The molecule has 0 saturated heterocycles. The SMILES string of the molecule is CCCC(CCC)c1nnc(CO)n1-c1ccccc1. The van der Waals surface area contributed by atoms with Gasteiger partial charge in [0.15, 0.2) is 5.82 Å². The Bertz CT molecular complexity index is 516. The summed E-state index contributed by atoms with van der Waals surface area (Å²) >= 11 is 0. The van der Waals surface area contributed by atoms with Gasteiger partial charge in [0.25, 0.3) is 0 Å². The van der Waals surface area contributed by atoms with Crippen molar-refractivity contribution in [3.8, 4) is 5.69 Å². The topological polar surface area (TPSA) is 50.9 Å². The molecule has 108 valence electrons. The first-order valence-corrected chi connectivity index (χ1v) is 7.42. The van der Waals surface area contributed by atoms with Crippen LogP contribution in [0.25, 0.3) is 5.69 Å². The lowest BCUT2D eigenvalue weighted by Crippen LogP contribution is -2.10. The number of aliphatic hydroxyl groups is 1. The molecule has 0 atom stereocenters. The van der Waals surface area contributed by atoms with Crippen LogP contribution in [0.2, 0.25) is 0 Å². The Balaban J connectivity index is 2.45. The van der Waals surface area contributed by atoms with Crippen molar-refractivity contribution in [3.05, 3.63) is 42.0 Å². The van der Waals surface area contributed by atoms with Gasteiger partial charge in [-0.1, -0.05) is 44.9 Å². The number of para-hydroxylation sites is 1. The van der Waals surface area contributed by atoms with Gasteiger partial charge >= 0.3 is 0 Å². The van der Waals surface area contributed by atoms with Crippen LogP contribution in [0.15, 0.2) is 30.3 Å². The molecule has 0 spiro atoms. The van der Waals surface area contributed by atoms with Crippen LogP contribution in [0.5, 0.6) is 0 Å². The molecular weight excluding hydrogens is 250 g/mol. The highest BCUT2D eigenvalue weighted by molar-refractivity contribution is 5.34. The van der Waals surface area contributed by atoms with Crippen molar-refractivity contribution < 1.29 is 5.11 Å². The van der Waals surface area contributed by atoms with E-state index in [4.69, 9.17) is 0 Å². The number of rotatable bonds is 7. The minimum atomic E-state index is -0.0904. The van der Waals surface area contributed by atoms with Gasteiger partial charge in [-0.25, -0.2) is 0 Å². The molecule has 0 aliphatic carbocycles. The van der Waals surface area contributed by atoms with Crippen molar-refractivity contribution in [1.82, 2.24) is 14.8 Å². The summed E-state index contributed by atoms with van der Waals surface area (Å²) in [6.07, 6.45) is 4.45. The maximum atomic E-state index is 9.51. The molecule has 4 heteroatoms. The second-order valence-electron chi connectivity index (χ2n) is 5.08. The molecule has 0 radical (unpaired) electrons. The minimum Gasteiger partial charge on any atom is -0.388 e. The van der Waals surface area contributed by atoms with E-state index in [0.717, 1.165) is 37.2 Å². The monoisotopic (exact) mass is 273 g/mol. The number of nitrogens with zero attached hydrogens (tertiary/aromatic N) is 3. The second-order valence-corrected chi connectivity index (χ2v) is 5.08. The summed E-state index contributed by atoms with van der Waals surface area (Å²) in [6.45, 7) is 4.30. The van der Waals surface area contributed by atoms with Crippen molar-refractivity contribution in [2.75, 3.05) is 0 Å². The van der Waals surface area contributed by atoms with Crippen LogP contribution in [0.3, 0.4) is 0 Å². The molecule has 4 nitrogen and oxygen atoms in total. The largest absolute Gasteiger partial charge is 0.388 e. The third-order valence-corrected chi connectivity index (χ3v) is 3.55. The van der Waals surface area contributed by atoms with Crippen molar-refractivity contribution in [1.29, 1.82) is 0 Å². The van der Waals surface area contributed by atoms with E-state index >= 15 is 0 Å². The number of hydrogen-bond donors (Lipinski definition) is 1. The van der Waals surface area contributed by atoms with Crippen LogP contribution >= 0.6 is 0 Å². The summed E-state index contributed by atoms with van der Waals surface area (Å²) in [4.78, 5) is 0. The van der Waals surface area contributed by atoms with Crippen LogP contribution in [0.1, 0.15) is 57.1 Å². The van der Waals surface area contributed by atoms with E-state index in [1.54, 1.807) is 0 Å². The van der Waals surface area contributed by atoms with Crippen molar-refractivity contribution in [3.63, 3.8) is 0 Å². The summed E-state index contributed by atoms with van der Waals surface area (Å²) in [6, 6.07) is 10.0. The summed E-state index contributed by atoms with van der Waals surface area (Å²) in [5.74, 6) is 1.99. The highest BCUT2D eigenvalue weighted by Gasteiger charge is 2.20. The summed E-state index contributed by atoms with van der Waals surface area (Å²) in [5.41, 5.74) is 1.02. The first-order valence-electron chi connectivity index (χ1n) is 7.42. The molecule has 1 aromatic heterocycles. The van der Waals surface area contributed by atoms with Crippen molar-refractivity contribution >= 4 is 0 Å². The quantitative estimate of drug-likeness (QED) is 0.840. The van der Waals surface area contributed by atoms with E-state index in [-0.39, 0.29) is 6.61 Å². The van der Waals surface area contributed by atoms with Gasteiger partial charge in [0.05, 0.1) is 0 Å². The number of benzene rings is 1. The Hall–Kier alpha value is -1.68. The smallest absolute Gasteiger partial charge is 0.163 e. The summed E-state index contributed by atoms with van der Waals surface area (Å²) < 4.78 is 2.01. The predicted octanol–water partition coefficient (Wildman–Crippen LogP) is 3.44. The van der Waals surface area contributed by atoms with Crippen LogP contribution in [0, 0.1) is 0 Å². The van der Waals surface area contributed by atoms with E-state index in [1.807, 2.05) is 34.9 Å². The summed E-state index contributed by atoms with van der Waals surface area (Å²) in [5, 5.41) is 18.0. The zero-order valence-electron chi connectivity index (χ0n) is 12.3. The van der Waals surface area contributed by atoms with E-state index in [9.17, 15) is 5.11 Å². The molecule has 1 N–H and O–H groups in total. The van der Waals surface area contributed by atoms with Crippen molar-refractivity contribution in [2.45, 2.75) is 52.1 Å². The zero-order valence-corrected chi connectivity index (χ0v) is 12.3. The van der Waals surface area contributed by atoms with Crippen LogP contribution < -0.4 is 0 Å². The molecule has 2 aromatic rings. The fraction of sp³-hybridized carbons (Fsp3) is 0.500. The molecule has 20 heavy (non-hydrogen) atoms. The molecule has 0 aliphatic heterocycles. The summed E-state index contributed by atoms with van der Waals surface area (Å²) in [7, 11) is 0. The zero-order chi connectivity index (χ0) is 14.4. The molecule has 1 heterocycles. The van der Waals surface area contributed by atoms with E-state index in [0.29, 0.717) is 11.7 Å². The highest BCUT2D eigenvalue weighted by Crippen LogP contribution is 2.27. The van der Waals surface area contributed by atoms with E-state index < -0.39 is 0 Å². The predicted molar refractivity (Wildman–Crippen MR) is 79.8 cm³/mol. The molecule has 0 unspecified atom stereocenters. The molecule has 1 aromatic carbocycles. The van der Waals surface area contributed by atoms with Gasteiger partial charge in [-0.3, -0.25) is 4.57 Å². The molecule has 0 amide bonds. The lowest BCUT2D eigenvalue weighted by Gasteiger charge is -2.17. The van der Waals surface area contributed by atoms with Gasteiger partial charge in [-0.2, -0.15) is 0 Å². The average Bonchev–Trinajstić information content (AvgIpc) is 2.91. The molecule has 0 bridgehead atoms.